The lowest BCUT2D eigenvalue weighted by Gasteiger charge is -2.31. The molecule has 0 fully saturated rings. The lowest BCUT2D eigenvalue weighted by atomic mass is 9.72. The summed E-state index contributed by atoms with van der Waals surface area (Å²) in [5.41, 5.74) is 11.6. The average molecular weight is 451 g/mol. The normalized spacial score (nSPS) is 13.7. The van der Waals surface area contributed by atoms with Gasteiger partial charge in [0.25, 0.3) is 0 Å². The van der Waals surface area contributed by atoms with Crippen LogP contribution < -0.4 is 0 Å². The second kappa shape index (κ2) is 7.28. The summed E-state index contributed by atoms with van der Waals surface area (Å²) in [5, 5.41) is 0. The zero-order valence-corrected chi connectivity index (χ0v) is 19.5. The molecule has 0 radical (unpaired) electrons. The van der Waals surface area contributed by atoms with Gasteiger partial charge >= 0.3 is 0 Å². The maximum Gasteiger partial charge on any atom is 0.109 e. The van der Waals surface area contributed by atoms with Crippen LogP contribution in [-0.4, -0.2) is 19.9 Å². The van der Waals surface area contributed by atoms with Gasteiger partial charge in [0, 0.05) is 0 Å². The van der Waals surface area contributed by atoms with E-state index >= 15 is 0 Å². The predicted octanol–water partition coefficient (Wildman–Crippen LogP) is 6.55. The molecule has 0 saturated carbocycles. The van der Waals surface area contributed by atoms with Crippen LogP contribution in [-0.2, 0) is 5.41 Å². The second-order valence-electron chi connectivity index (χ2n) is 9.34. The number of aromatic nitrogens is 4. The van der Waals surface area contributed by atoms with E-state index in [0.717, 1.165) is 33.5 Å². The molecule has 2 aromatic heterocycles. The summed E-state index contributed by atoms with van der Waals surface area (Å²) in [6.45, 7) is 4.27. The Labute approximate surface area is 203 Å². The van der Waals surface area contributed by atoms with Crippen molar-refractivity contribution >= 4 is 22.1 Å². The first-order valence-electron chi connectivity index (χ1n) is 11.8. The van der Waals surface area contributed by atoms with Gasteiger partial charge in [-0.3, -0.25) is 9.97 Å². The van der Waals surface area contributed by atoms with Crippen LogP contribution in [0.25, 0.3) is 33.2 Å². The number of nitrogens with zero attached hydrogens (tertiary/aromatic N) is 4. The summed E-state index contributed by atoms with van der Waals surface area (Å²) in [6, 6.07) is 29.4. The van der Waals surface area contributed by atoms with Crippen LogP contribution in [0.3, 0.4) is 0 Å². The number of hydrogen-bond acceptors (Lipinski definition) is 4. The Kier molecular flexibility index (Phi) is 4.15. The van der Waals surface area contributed by atoms with Crippen LogP contribution in [0.4, 0.5) is 0 Å². The number of para-hydroxylation sites is 4. The Bertz CT molecular complexity index is 1650. The van der Waals surface area contributed by atoms with Gasteiger partial charge in [-0.25, -0.2) is 9.97 Å². The van der Waals surface area contributed by atoms with Crippen molar-refractivity contribution in [1.82, 2.24) is 19.9 Å². The van der Waals surface area contributed by atoms with Crippen LogP contribution in [0.5, 0.6) is 0 Å². The molecule has 1 aliphatic rings. The molecule has 35 heavy (non-hydrogen) atoms. The van der Waals surface area contributed by atoms with E-state index in [-0.39, 0.29) is 0 Å². The molecule has 2 heterocycles. The molecular weight excluding hydrogens is 428 g/mol. The molecule has 0 amide bonds. The largest absolute Gasteiger partial charge is 0.253 e. The third kappa shape index (κ3) is 2.80. The lowest BCUT2D eigenvalue weighted by molar-refractivity contribution is 0.703. The number of fused-ring (bicyclic) bond motifs is 5. The number of rotatable bonds is 2. The number of aryl methyl sites for hydroxylation is 2. The molecule has 1 aliphatic carbocycles. The smallest absolute Gasteiger partial charge is 0.109 e. The quantitative estimate of drug-likeness (QED) is 0.300. The summed E-state index contributed by atoms with van der Waals surface area (Å²) < 4.78 is 0. The fourth-order valence-corrected chi connectivity index (χ4v) is 5.51. The summed E-state index contributed by atoms with van der Waals surface area (Å²) >= 11 is 0. The van der Waals surface area contributed by atoms with Crippen molar-refractivity contribution in [3.05, 3.63) is 131 Å². The molecular formula is C31H22N4. The zero-order valence-electron chi connectivity index (χ0n) is 19.5. The molecule has 4 aromatic carbocycles. The maximum atomic E-state index is 5.21. The van der Waals surface area contributed by atoms with Crippen molar-refractivity contribution in [3.8, 4) is 11.1 Å². The van der Waals surface area contributed by atoms with Crippen LogP contribution in [0.15, 0.2) is 97.3 Å². The molecule has 0 aliphatic heterocycles. The first-order chi connectivity index (χ1) is 17.1. The fourth-order valence-electron chi connectivity index (χ4n) is 5.51. The molecule has 4 nitrogen and oxygen atoms in total. The lowest BCUT2D eigenvalue weighted by Crippen LogP contribution is -2.31. The van der Waals surface area contributed by atoms with E-state index in [1.165, 1.54) is 33.4 Å². The molecule has 0 bridgehead atoms. The highest BCUT2D eigenvalue weighted by Crippen LogP contribution is 2.55. The van der Waals surface area contributed by atoms with Gasteiger partial charge in [0.15, 0.2) is 0 Å². The minimum atomic E-state index is -0.725. The SMILES string of the molecule is Cc1ccc2c(c1)C(c1cnc3ccccc3n1)(c1cnc3ccccc3n1)c1cc(C)ccc1-2. The Morgan fingerprint density at radius 2 is 0.943 bits per heavy atom. The molecule has 0 N–H and O–H groups in total. The standard InChI is InChI=1S/C31H22N4/c1-19-11-13-21-22-14-12-20(2)16-24(22)31(23(21)15-19,29-17-32-25-7-3-5-9-27(25)34-29)30-18-33-26-8-4-6-10-28(26)35-30/h3-18H,1-2H3. The van der Waals surface area contributed by atoms with Gasteiger partial charge in [-0.2, -0.15) is 0 Å². The predicted molar refractivity (Wildman–Crippen MR) is 139 cm³/mol. The molecule has 0 saturated heterocycles. The van der Waals surface area contributed by atoms with Gasteiger partial charge in [-0.1, -0.05) is 71.8 Å². The van der Waals surface area contributed by atoms with Crippen molar-refractivity contribution in [1.29, 1.82) is 0 Å². The third-order valence-corrected chi connectivity index (χ3v) is 7.11. The van der Waals surface area contributed by atoms with Crippen molar-refractivity contribution in [3.63, 3.8) is 0 Å². The molecule has 6 aromatic rings. The molecule has 0 unspecified atom stereocenters. The molecule has 166 valence electrons. The van der Waals surface area contributed by atoms with Crippen LogP contribution in [0, 0.1) is 13.8 Å². The Morgan fingerprint density at radius 3 is 1.40 bits per heavy atom. The molecule has 0 atom stereocenters. The first-order valence-corrected chi connectivity index (χ1v) is 11.8. The summed E-state index contributed by atoms with van der Waals surface area (Å²) in [6.07, 6.45) is 3.84. The zero-order chi connectivity index (χ0) is 23.6. The van der Waals surface area contributed by atoms with Crippen molar-refractivity contribution in [2.24, 2.45) is 0 Å². The molecule has 7 rings (SSSR count). The highest BCUT2D eigenvalue weighted by atomic mass is 14.9. The second-order valence-corrected chi connectivity index (χ2v) is 9.34. The van der Waals surface area contributed by atoms with Crippen LogP contribution in [0.2, 0.25) is 0 Å². The van der Waals surface area contributed by atoms with Gasteiger partial charge in [0.2, 0.25) is 0 Å². The van der Waals surface area contributed by atoms with Crippen LogP contribution in [0.1, 0.15) is 33.6 Å². The van der Waals surface area contributed by atoms with E-state index in [1.54, 1.807) is 0 Å². The van der Waals surface area contributed by atoms with E-state index in [1.807, 2.05) is 60.9 Å². The van der Waals surface area contributed by atoms with Crippen molar-refractivity contribution in [2.75, 3.05) is 0 Å². The van der Waals surface area contributed by atoms with Gasteiger partial charge in [-0.05, 0) is 60.4 Å². The Morgan fingerprint density at radius 1 is 0.514 bits per heavy atom. The maximum absolute atomic E-state index is 5.21. The minimum absolute atomic E-state index is 0.725. The summed E-state index contributed by atoms with van der Waals surface area (Å²) in [4.78, 5) is 20.1. The summed E-state index contributed by atoms with van der Waals surface area (Å²) in [5.74, 6) is 0. The van der Waals surface area contributed by atoms with Crippen molar-refractivity contribution < 1.29 is 0 Å². The van der Waals surface area contributed by atoms with E-state index in [9.17, 15) is 0 Å². The molecule has 4 heteroatoms. The van der Waals surface area contributed by atoms with Gasteiger partial charge in [-0.15, -0.1) is 0 Å². The Balaban J connectivity index is 1.67. The summed E-state index contributed by atoms with van der Waals surface area (Å²) in [7, 11) is 0. The topological polar surface area (TPSA) is 51.6 Å². The highest BCUT2D eigenvalue weighted by molar-refractivity contribution is 5.87. The fraction of sp³-hybridized carbons (Fsp3) is 0.0968. The monoisotopic (exact) mass is 450 g/mol. The van der Waals surface area contributed by atoms with E-state index in [0.29, 0.717) is 0 Å². The van der Waals surface area contributed by atoms with Crippen LogP contribution >= 0.6 is 0 Å². The van der Waals surface area contributed by atoms with E-state index < -0.39 is 5.41 Å². The van der Waals surface area contributed by atoms with E-state index in [2.05, 4.69) is 50.2 Å². The van der Waals surface area contributed by atoms with Crippen molar-refractivity contribution in [2.45, 2.75) is 19.3 Å². The number of hydrogen-bond donors (Lipinski definition) is 0. The Hall–Kier alpha value is -4.44. The highest BCUT2D eigenvalue weighted by Gasteiger charge is 2.49. The molecule has 0 spiro atoms. The van der Waals surface area contributed by atoms with E-state index in [4.69, 9.17) is 19.9 Å². The van der Waals surface area contributed by atoms with Gasteiger partial charge < -0.3 is 0 Å². The first kappa shape index (κ1) is 20.0. The van der Waals surface area contributed by atoms with Gasteiger partial charge in [0.1, 0.15) is 5.41 Å². The minimum Gasteiger partial charge on any atom is -0.253 e. The third-order valence-electron chi connectivity index (χ3n) is 7.11. The number of benzene rings is 4. The van der Waals surface area contributed by atoms with Gasteiger partial charge in [0.05, 0.1) is 45.8 Å². The average Bonchev–Trinajstić information content (AvgIpc) is 3.17.